The predicted octanol–water partition coefficient (Wildman–Crippen LogP) is -1.26. The summed E-state index contributed by atoms with van der Waals surface area (Å²) in [5.74, 6) is 4.80. The molecule has 0 atom stereocenters. The van der Waals surface area contributed by atoms with Crippen LogP contribution in [0.1, 0.15) is 16.2 Å². The molecule has 0 saturated carbocycles. The number of hydrogen-bond donors (Lipinski definition) is 3. The maximum absolute atomic E-state index is 10.7. The van der Waals surface area contributed by atoms with Crippen LogP contribution in [0.4, 0.5) is 0 Å². The number of nitrogens with one attached hydrogen (secondary N) is 1. The molecule has 11 heavy (non-hydrogen) atoms. The largest absolute Gasteiger partial charge is 0.359 e. The second-order valence-corrected chi connectivity index (χ2v) is 1.86. The lowest BCUT2D eigenvalue weighted by atomic mass is 10.3. The normalized spacial score (nSPS) is 9.64. The average Bonchev–Trinajstić information content (AvgIpc) is 2.50. The molecule has 6 heteroatoms. The Morgan fingerprint density at radius 2 is 2.55 bits per heavy atom. The third-order valence-electron chi connectivity index (χ3n) is 1.12. The first kappa shape index (κ1) is 7.70. The van der Waals surface area contributed by atoms with Gasteiger partial charge in [0.2, 0.25) is 0 Å². The number of nitrogens with zero attached hydrogens (tertiary/aromatic N) is 1. The number of nitrogen functional groups attached to an aromatic ring is 1. The van der Waals surface area contributed by atoms with E-state index in [2.05, 4.69) is 9.68 Å². The molecule has 0 unspecified atom stereocenters. The fourth-order valence-electron chi connectivity index (χ4n) is 0.590. The van der Waals surface area contributed by atoms with Crippen molar-refractivity contribution < 1.29 is 9.32 Å². The molecule has 1 heterocycles. The van der Waals surface area contributed by atoms with Gasteiger partial charge in [-0.3, -0.25) is 10.2 Å². The van der Waals surface area contributed by atoms with E-state index < -0.39 is 5.91 Å². The quantitative estimate of drug-likeness (QED) is 0.281. The number of amides is 1. The predicted molar refractivity (Wildman–Crippen MR) is 36.0 cm³/mol. The van der Waals surface area contributed by atoms with E-state index in [-0.39, 0.29) is 12.2 Å². The van der Waals surface area contributed by atoms with Crippen molar-refractivity contribution in [2.24, 2.45) is 11.6 Å². The molecule has 5 N–H and O–H groups in total. The topological polar surface area (TPSA) is 107 Å². The molecule has 1 amide bonds. The second kappa shape index (κ2) is 3.13. The summed E-state index contributed by atoms with van der Waals surface area (Å²) in [6, 6.07) is 1.43. The number of nitrogens with two attached hydrogens (primary N) is 2. The number of hydrazine groups is 1. The number of hydrogen-bond acceptors (Lipinski definition) is 5. The zero-order valence-electron chi connectivity index (χ0n) is 5.70. The van der Waals surface area contributed by atoms with Gasteiger partial charge in [0, 0.05) is 6.07 Å². The van der Waals surface area contributed by atoms with Crippen LogP contribution in [0.2, 0.25) is 0 Å². The lowest BCUT2D eigenvalue weighted by molar-refractivity contribution is 0.0944. The first-order chi connectivity index (χ1) is 5.27. The first-order valence-corrected chi connectivity index (χ1v) is 2.94. The molecule has 0 bridgehead atoms. The highest BCUT2D eigenvalue weighted by Gasteiger charge is 2.09. The molecule has 60 valence electrons. The van der Waals surface area contributed by atoms with E-state index in [0.717, 1.165) is 0 Å². The van der Waals surface area contributed by atoms with Crippen LogP contribution >= 0.6 is 0 Å². The molecule has 0 fully saturated rings. The molecule has 6 nitrogen and oxygen atoms in total. The van der Waals surface area contributed by atoms with Crippen molar-refractivity contribution in [1.82, 2.24) is 10.6 Å². The van der Waals surface area contributed by atoms with Crippen LogP contribution < -0.4 is 17.0 Å². The van der Waals surface area contributed by atoms with Crippen molar-refractivity contribution in [3.05, 3.63) is 17.5 Å². The minimum atomic E-state index is -0.492. The molecular weight excluding hydrogens is 148 g/mol. The minimum absolute atomic E-state index is 0.132. The van der Waals surface area contributed by atoms with Crippen LogP contribution in [-0.2, 0) is 6.54 Å². The van der Waals surface area contributed by atoms with Crippen LogP contribution in [0.3, 0.4) is 0 Å². The van der Waals surface area contributed by atoms with Crippen molar-refractivity contribution in [3.8, 4) is 0 Å². The molecule has 0 radical (unpaired) electrons. The molecule has 0 aliphatic carbocycles. The van der Waals surface area contributed by atoms with Crippen LogP contribution in [0.5, 0.6) is 0 Å². The Bertz CT molecular complexity index is 257. The molecular formula is C5H8N4O2. The van der Waals surface area contributed by atoms with E-state index in [4.69, 9.17) is 11.6 Å². The van der Waals surface area contributed by atoms with Gasteiger partial charge in [0.25, 0.3) is 5.91 Å². The summed E-state index contributed by atoms with van der Waals surface area (Å²) >= 11 is 0. The monoisotopic (exact) mass is 156 g/mol. The Morgan fingerprint density at radius 1 is 1.82 bits per heavy atom. The highest BCUT2D eigenvalue weighted by molar-refractivity contribution is 5.91. The number of aromatic nitrogens is 1. The molecule has 0 spiro atoms. The molecule has 0 saturated heterocycles. The summed E-state index contributed by atoms with van der Waals surface area (Å²) in [6.45, 7) is 0.213. The summed E-state index contributed by atoms with van der Waals surface area (Å²) in [4.78, 5) is 10.7. The van der Waals surface area contributed by atoms with Crippen molar-refractivity contribution in [1.29, 1.82) is 0 Å². The minimum Gasteiger partial charge on any atom is -0.359 e. The van der Waals surface area contributed by atoms with E-state index in [9.17, 15) is 4.79 Å². The lowest BCUT2D eigenvalue weighted by Crippen LogP contribution is -2.30. The van der Waals surface area contributed by atoms with E-state index in [1.807, 2.05) is 5.43 Å². The van der Waals surface area contributed by atoms with Crippen molar-refractivity contribution in [2.45, 2.75) is 6.54 Å². The summed E-state index contributed by atoms with van der Waals surface area (Å²) in [5, 5.41) is 3.41. The molecule has 0 aliphatic heterocycles. The zero-order chi connectivity index (χ0) is 8.27. The van der Waals surface area contributed by atoms with E-state index in [1.54, 1.807) is 0 Å². The fraction of sp³-hybridized carbons (Fsp3) is 0.200. The Labute approximate surface area is 62.5 Å². The average molecular weight is 156 g/mol. The highest BCUT2D eigenvalue weighted by Crippen LogP contribution is 2.00. The van der Waals surface area contributed by atoms with E-state index in [1.165, 1.54) is 6.07 Å². The van der Waals surface area contributed by atoms with Gasteiger partial charge in [0.05, 0.1) is 6.54 Å². The van der Waals surface area contributed by atoms with Crippen molar-refractivity contribution >= 4 is 5.91 Å². The fourth-order valence-corrected chi connectivity index (χ4v) is 0.590. The molecule has 0 aliphatic rings. The lowest BCUT2D eigenvalue weighted by Gasteiger charge is -1.88. The molecule has 0 aromatic carbocycles. The van der Waals surface area contributed by atoms with Gasteiger partial charge in [-0.05, 0) is 0 Å². The van der Waals surface area contributed by atoms with Crippen LogP contribution in [0.15, 0.2) is 10.6 Å². The van der Waals surface area contributed by atoms with Crippen LogP contribution in [-0.4, -0.2) is 11.1 Å². The Kier molecular flexibility index (Phi) is 2.19. The van der Waals surface area contributed by atoms with Gasteiger partial charge < -0.3 is 10.3 Å². The number of carbonyl (C=O) groups excluding carboxylic acids is 1. The van der Waals surface area contributed by atoms with Gasteiger partial charge in [-0.2, -0.15) is 0 Å². The Balaban J connectivity index is 2.80. The Morgan fingerprint density at radius 3 is 3.00 bits per heavy atom. The van der Waals surface area contributed by atoms with E-state index in [0.29, 0.717) is 5.76 Å². The number of carbonyl (C=O) groups is 1. The maximum Gasteiger partial charge on any atom is 0.287 e. The third kappa shape index (κ3) is 1.54. The van der Waals surface area contributed by atoms with E-state index >= 15 is 0 Å². The van der Waals surface area contributed by atoms with Gasteiger partial charge in [-0.1, -0.05) is 5.16 Å². The first-order valence-electron chi connectivity index (χ1n) is 2.94. The second-order valence-electron chi connectivity index (χ2n) is 1.86. The number of rotatable bonds is 2. The molecule has 1 aromatic rings. The third-order valence-corrected chi connectivity index (χ3v) is 1.12. The van der Waals surface area contributed by atoms with Crippen molar-refractivity contribution in [3.63, 3.8) is 0 Å². The summed E-state index contributed by atoms with van der Waals surface area (Å²) in [7, 11) is 0. The van der Waals surface area contributed by atoms with Crippen molar-refractivity contribution in [2.75, 3.05) is 0 Å². The Hall–Kier alpha value is -1.40. The van der Waals surface area contributed by atoms with Gasteiger partial charge in [0.15, 0.2) is 11.5 Å². The van der Waals surface area contributed by atoms with Gasteiger partial charge in [0.1, 0.15) is 0 Å². The standard InChI is InChI=1S/C5H8N4O2/c6-2-3-1-4(9-11-3)5(10)8-7/h1H,2,6-7H2,(H,8,10). The van der Waals surface area contributed by atoms with Gasteiger partial charge in [-0.15, -0.1) is 0 Å². The molecule has 1 aromatic heterocycles. The highest BCUT2D eigenvalue weighted by atomic mass is 16.5. The van der Waals surface area contributed by atoms with Gasteiger partial charge in [-0.25, -0.2) is 5.84 Å². The summed E-state index contributed by atoms with van der Waals surface area (Å²) in [6.07, 6.45) is 0. The SMILES string of the molecule is NCc1cc(C(=O)NN)no1. The smallest absolute Gasteiger partial charge is 0.287 e. The van der Waals surface area contributed by atoms with Crippen LogP contribution in [0, 0.1) is 0 Å². The summed E-state index contributed by atoms with van der Waals surface area (Å²) < 4.78 is 4.65. The van der Waals surface area contributed by atoms with Gasteiger partial charge >= 0.3 is 0 Å². The summed E-state index contributed by atoms with van der Waals surface area (Å²) in [5.41, 5.74) is 7.26. The zero-order valence-corrected chi connectivity index (χ0v) is 5.70. The van der Waals surface area contributed by atoms with Crippen LogP contribution in [0.25, 0.3) is 0 Å². The molecule has 1 rings (SSSR count). The maximum atomic E-state index is 10.7.